The van der Waals surface area contributed by atoms with E-state index in [-0.39, 0.29) is 0 Å². The highest BCUT2D eigenvalue weighted by atomic mass is 79.9. The molecule has 5 nitrogen and oxygen atoms in total. The van der Waals surface area contributed by atoms with Crippen molar-refractivity contribution in [3.63, 3.8) is 0 Å². The van der Waals surface area contributed by atoms with Crippen molar-refractivity contribution in [2.45, 2.75) is 19.1 Å². The average molecular weight is 322 g/mol. The smallest absolute Gasteiger partial charge is 0.237 e. The van der Waals surface area contributed by atoms with Crippen LogP contribution in [0.3, 0.4) is 0 Å². The highest BCUT2D eigenvalue weighted by Crippen LogP contribution is 2.17. The molecular weight excluding hydrogens is 306 g/mol. The van der Waals surface area contributed by atoms with E-state index in [4.69, 9.17) is 0 Å². The second-order valence-electron chi connectivity index (χ2n) is 3.78. The minimum absolute atomic E-state index is 0.341. The van der Waals surface area contributed by atoms with Gasteiger partial charge in [-0.05, 0) is 49.0 Å². The van der Waals surface area contributed by atoms with Crippen molar-refractivity contribution >= 4 is 31.8 Å². The van der Waals surface area contributed by atoms with Gasteiger partial charge in [0.05, 0.1) is 10.9 Å². The van der Waals surface area contributed by atoms with Crippen LogP contribution in [0.4, 0.5) is 5.82 Å². The highest BCUT2D eigenvalue weighted by Gasteiger charge is 2.20. The summed E-state index contributed by atoms with van der Waals surface area (Å²) in [6, 6.07) is 3.39. The second-order valence-corrected chi connectivity index (χ2v) is 6.73. The molecular formula is C10H16BrN3O2S. The van der Waals surface area contributed by atoms with Gasteiger partial charge in [0.2, 0.25) is 10.0 Å². The molecule has 1 atom stereocenters. The van der Waals surface area contributed by atoms with E-state index in [2.05, 4.69) is 31.0 Å². The number of halogens is 1. The Morgan fingerprint density at radius 2 is 2.12 bits per heavy atom. The lowest BCUT2D eigenvalue weighted by Gasteiger charge is -2.14. The molecule has 0 aliphatic heterocycles. The monoisotopic (exact) mass is 321 g/mol. The molecule has 1 heterocycles. The topological polar surface area (TPSA) is 71.1 Å². The number of rotatable bonds is 5. The molecule has 96 valence electrons. The zero-order valence-electron chi connectivity index (χ0n) is 9.99. The van der Waals surface area contributed by atoms with Crippen LogP contribution in [0, 0.1) is 6.92 Å². The van der Waals surface area contributed by atoms with Gasteiger partial charge in [-0.15, -0.1) is 0 Å². The number of nitrogens with zero attached hydrogens (tertiary/aromatic N) is 1. The van der Waals surface area contributed by atoms with Crippen LogP contribution in [0.5, 0.6) is 0 Å². The van der Waals surface area contributed by atoms with Gasteiger partial charge in [-0.1, -0.05) is 0 Å². The molecule has 1 aromatic rings. The van der Waals surface area contributed by atoms with Crippen LogP contribution in [0.15, 0.2) is 16.6 Å². The molecule has 0 amide bonds. The van der Waals surface area contributed by atoms with Gasteiger partial charge in [-0.3, -0.25) is 4.72 Å². The van der Waals surface area contributed by atoms with E-state index in [9.17, 15) is 8.42 Å². The van der Waals surface area contributed by atoms with Crippen molar-refractivity contribution in [1.29, 1.82) is 0 Å². The minimum Gasteiger partial charge on any atom is -0.318 e. The summed E-state index contributed by atoms with van der Waals surface area (Å²) in [6.45, 7) is 3.84. The lowest BCUT2D eigenvalue weighted by Crippen LogP contribution is -2.33. The van der Waals surface area contributed by atoms with Crippen LogP contribution in [-0.2, 0) is 10.0 Å². The first-order valence-corrected chi connectivity index (χ1v) is 7.50. The molecule has 0 aromatic carbocycles. The summed E-state index contributed by atoms with van der Waals surface area (Å²) in [7, 11) is -1.68. The van der Waals surface area contributed by atoms with Gasteiger partial charge >= 0.3 is 0 Å². The van der Waals surface area contributed by atoms with Crippen molar-refractivity contribution in [3.05, 3.63) is 22.3 Å². The Bertz CT molecular complexity index is 490. The predicted molar refractivity (Wildman–Crippen MR) is 72.6 cm³/mol. The van der Waals surface area contributed by atoms with E-state index in [1.165, 1.54) is 0 Å². The summed E-state index contributed by atoms with van der Waals surface area (Å²) in [4.78, 5) is 4.14. The highest BCUT2D eigenvalue weighted by molar-refractivity contribution is 9.10. The van der Waals surface area contributed by atoms with Crippen LogP contribution >= 0.6 is 15.9 Å². The Kier molecular flexibility index (Phi) is 4.91. The fourth-order valence-corrected chi connectivity index (χ4v) is 2.46. The molecule has 1 rings (SSSR count). The lowest BCUT2D eigenvalue weighted by molar-refractivity contribution is 0.583. The molecule has 0 fully saturated rings. The molecule has 1 unspecified atom stereocenters. The van der Waals surface area contributed by atoms with E-state index in [0.29, 0.717) is 12.4 Å². The fraction of sp³-hybridized carbons (Fsp3) is 0.500. The summed E-state index contributed by atoms with van der Waals surface area (Å²) in [5.74, 6) is 0.341. The van der Waals surface area contributed by atoms with E-state index >= 15 is 0 Å². The van der Waals surface area contributed by atoms with Crippen LogP contribution < -0.4 is 10.0 Å². The summed E-state index contributed by atoms with van der Waals surface area (Å²) >= 11 is 3.31. The number of sulfonamides is 1. The maximum atomic E-state index is 11.9. The molecule has 0 spiro atoms. The number of aromatic nitrogens is 1. The summed E-state index contributed by atoms with van der Waals surface area (Å²) in [5, 5.41) is 2.32. The van der Waals surface area contributed by atoms with Gasteiger partial charge in [0.25, 0.3) is 0 Å². The Morgan fingerprint density at radius 3 is 2.65 bits per heavy atom. The zero-order chi connectivity index (χ0) is 13.1. The van der Waals surface area contributed by atoms with Crippen LogP contribution in [0.25, 0.3) is 0 Å². The van der Waals surface area contributed by atoms with Gasteiger partial charge in [0.1, 0.15) is 5.82 Å². The van der Waals surface area contributed by atoms with E-state index in [1.807, 2.05) is 0 Å². The molecule has 1 aromatic heterocycles. The number of nitrogens with one attached hydrogen (secondary N) is 2. The van der Waals surface area contributed by atoms with Gasteiger partial charge in [-0.25, -0.2) is 13.4 Å². The first kappa shape index (κ1) is 14.4. The van der Waals surface area contributed by atoms with E-state index in [0.717, 1.165) is 10.2 Å². The molecule has 0 aliphatic carbocycles. The normalized spacial score (nSPS) is 13.4. The van der Waals surface area contributed by atoms with Gasteiger partial charge in [0, 0.05) is 11.0 Å². The third kappa shape index (κ3) is 3.93. The first-order chi connectivity index (χ1) is 7.86. The lowest BCUT2D eigenvalue weighted by atomic mass is 10.4. The first-order valence-electron chi connectivity index (χ1n) is 5.16. The quantitative estimate of drug-likeness (QED) is 0.862. The molecule has 17 heavy (non-hydrogen) atoms. The standard InChI is InChI=1S/C10H16BrN3O2S/c1-7(6-12-3)17(15,16)14-10-5-4-9(11)8(2)13-10/h4-5,7,12H,6H2,1-3H3,(H,13,14). The van der Waals surface area contributed by atoms with E-state index in [1.54, 1.807) is 33.0 Å². The third-order valence-corrected chi connectivity index (χ3v) is 4.85. The zero-order valence-corrected chi connectivity index (χ0v) is 12.4. The molecule has 0 radical (unpaired) electrons. The summed E-state index contributed by atoms with van der Waals surface area (Å²) in [6.07, 6.45) is 0. The largest absolute Gasteiger partial charge is 0.318 e. The Labute approximate surface area is 110 Å². The van der Waals surface area contributed by atoms with Crippen molar-refractivity contribution in [2.24, 2.45) is 0 Å². The number of pyridine rings is 1. The molecule has 7 heteroatoms. The van der Waals surface area contributed by atoms with Crippen LogP contribution in [0.2, 0.25) is 0 Å². The summed E-state index contributed by atoms with van der Waals surface area (Å²) < 4.78 is 27.1. The number of hydrogen-bond donors (Lipinski definition) is 2. The predicted octanol–water partition coefficient (Wildman–Crippen LogP) is 1.50. The summed E-state index contributed by atoms with van der Waals surface area (Å²) in [5.41, 5.74) is 0.742. The van der Waals surface area contributed by atoms with Crippen molar-refractivity contribution in [1.82, 2.24) is 10.3 Å². The number of anilines is 1. The Morgan fingerprint density at radius 1 is 1.47 bits per heavy atom. The van der Waals surface area contributed by atoms with E-state index < -0.39 is 15.3 Å². The van der Waals surface area contributed by atoms with Crippen molar-refractivity contribution in [2.75, 3.05) is 18.3 Å². The average Bonchev–Trinajstić information content (AvgIpc) is 2.23. The van der Waals surface area contributed by atoms with Gasteiger partial charge in [0.15, 0.2) is 0 Å². The maximum Gasteiger partial charge on any atom is 0.237 e. The molecule has 2 N–H and O–H groups in total. The fourth-order valence-electron chi connectivity index (χ4n) is 1.24. The number of aryl methyl sites for hydroxylation is 1. The van der Waals surface area contributed by atoms with Crippen LogP contribution in [-0.4, -0.2) is 32.2 Å². The minimum atomic E-state index is -3.40. The SMILES string of the molecule is CNCC(C)S(=O)(=O)Nc1ccc(Br)c(C)n1. The molecule has 0 saturated carbocycles. The van der Waals surface area contributed by atoms with Crippen molar-refractivity contribution in [3.8, 4) is 0 Å². The second kappa shape index (κ2) is 5.79. The van der Waals surface area contributed by atoms with Crippen LogP contribution in [0.1, 0.15) is 12.6 Å². The Balaban J connectivity index is 2.86. The van der Waals surface area contributed by atoms with Crippen molar-refractivity contribution < 1.29 is 8.42 Å². The molecule has 0 aliphatic rings. The van der Waals surface area contributed by atoms with Gasteiger partial charge < -0.3 is 5.32 Å². The Hall–Kier alpha value is -0.660. The molecule has 0 saturated heterocycles. The number of hydrogen-bond acceptors (Lipinski definition) is 4. The molecule has 0 bridgehead atoms. The maximum absolute atomic E-state index is 11.9. The van der Waals surface area contributed by atoms with Gasteiger partial charge in [-0.2, -0.15) is 0 Å². The third-order valence-electron chi connectivity index (χ3n) is 2.29.